The van der Waals surface area contributed by atoms with Crippen molar-refractivity contribution in [1.82, 2.24) is 10.2 Å². The molecule has 7 nitrogen and oxygen atoms in total. The van der Waals surface area contributed by atoms with Crippen molar-refractivity contribution in [3.05, 3.63) is 0 Å². The molecule has 0 radical (unpaired) electrons. The Morgan fingerprint density at radius 3 is 2.74 bits per heavy atom. The molecule has 0 aliphatic carbocycles. The molecule has 2 N–H and O–H groups in total. The van der Waals surface area contributed by atoms with Gasteiger partial charge in [0.25, 0.3) is 0 Å². The van der Waals surface area contributed by atoms with Gasteiger partial charge in [0.15, 0.2) is 0 Å². The Kier molecular flexibility index (Phi) is 4.98. The number of morpholine rings is 1. The monoisotopic (exact) mass is 272 g/mol. The summed E-state index contributed by atoms with van der Waals surface area (Å²) in [6.45, 7) is 2.42. The number of hydrogen-bond donors (Lipinski definition) is 2. The number of urea groups is 1. The smallest absolute Gasteiger partial charge is 0.318 e. The van der Waals surface area contributed by atoms with E-state index in [0.29, 0.717) is 19.8 Å². The van der Waals surface area contributed by atoms with Crippen molar-refractivity contribution in [3.63, 3.8) is 0 Å². The van der Waals surface area contributed by atoms with Crippen LogP contribution < -0.4 is 5.32 Å². The number of carbonyl (C=O) groups is 2. The van der Waals surface area contributed by atoms with E-state index in [1.807, 2.05) is 0 Å². The molecule has 2 aliphatic heterocycles. The van der Waals surface area contributed by atoms with Crippen molar-refractivity contribution >= 4 is 12.0 Å². The number of aliphatic carboxylic acids is 1. The maximum atomic E-state index is 12.2. The molecule has 2 amide bonds. The van der Waals surface area contributed by atoms with E-state index in [1.54, 1.807) is 4.90 Å². The SMILES string of the molecule is O=C(O)CC1COCCN1C(=O)NC1CCCOC1. The van der Waals surface area contributed by atoms with Gasteiger partial charge in [-0.05, 0) is 12.8 Å². The molecule has 7 heteroatoms. The zero-order valence-electron chi connectivity index (χ0n) is 10.8. The van der Waals surface area contributed by atoms with Crippen molar-refractivity contribution in [2.24, 2.45) is 0 Å². The predicted octanol–water partition coefficient (Wildman–Crippen LogP) is 0.0505. The summed E-state index contributed by atoms with van der Waals surface area (Å²) in [5.74, 6) is -0.922. The van der Waals surface area contributed by atoms with Gasteiger partial charge in [0.05, 0.1) is 38.3 Å². The van der Waals surface area contributed by atoms with Crippen molar-refractivity contribution in [2.45, 2.75) is 31.3 Å². The zero-order valence-corrected chi connectivity index (χ0v) is 10.8. The third-order valence-electron chi connectivity index (χ3n) is 3.39. The van der Waals surface area contributed by atoms with Gasteiger partial charge in [0, 0.05) is 13.2 Å². The number of ether oxygens (including phenoxy) is 2. The van der Waals surface area contributed by atoms with E-state index in [-0.39, 0.29) is 25.1 Å². The molecule has 108 valence electrons. The van der Waals surface area contributed by atoms with E-state index in [9.17, 15) is 9.59 Å². The Morgan fingerprint density at radius 2 is 2.05 bits per heavy atom. The summed E-state index contributed by atoms with van der Waals surface area (Å²) in [6, 6.07) is -0.588. The first-order chi connectivity index (χ1) is 9.16. The number of nitrogens with zero attached hydrogens (tertiary/aromatic N) is 1. The van der Waals surface area contributed by atoms with E-state index in [0.717, 1.165) is 19.4 Å². The standard InChI is InChI=1S/C12H20N2O5/c15-11(16)6-10-8-19-5-3-14(10)12(17)13-9-2-1-4-18-7-9/h9-10H,1-8H2,(H,13,17)(H,15,16). The number of carbonyl (C=O) groups excluding carboxylic acids is 1. The van der Waals surface area contributed by atoms with Crippen LogP contribution in [-0.4, -0.2) is 67.1 Å². The summed E-state index contributed by atoms with van der Waals surface area (Å²) >= 11 is 0. The molecule has 0 spiro atoms. The number of carboxylic acids is 1. The summed E-state index contributed by atoms with van der Waals surface area (Å²) in [5, 5.41) is 11.8. The van der Waals surface area contributed by atoms with Crippen molar-refractivity contribution in [3.8, 4) is 0 Å². The molecule has 19 heavy (non-hydrogen) atoms. The molecule has 2 aliphatic rings. The first kappa shape index (κ1) is 14.1. The predicted molar refractivity (Wildman–Crippen MR) is 65.9 cm³/mol. The molecular weight excluding hydrogens is 252 g/mol. The van der Waals surface area contributed by atoms with Crippen molar-refractivity contribution in [2.75, 3.05) is 33.0 Å². The average molecular weight is 272 g/mol. The maximum Gasteiger partial charge on any atom is 0.318 e. The van der Waals surface area contributed by atoms with Crippen LogP contribution in [0.4, 0.5) is 4.79 Å². The van der Waals surface area contributed by atoms with Gasteiger partial charge in [-0.3, -0.25) is 4.79 Å². The largest absolute Gasteiger partial charge is 0.481 e. The second-order valence-electron chi connectivity index (χ2n) is 4.88. The molecule has 2 saturated heterocycles. The van der Waals surface area contributed by atoms with Gasteiger partial charge in [-0.1, -0.05) is 0 Å². The van der Waals surface area contributed by atoms with Crippen LogP contribution in [0.5, 0.6) is 0 Å². The van der Waals surface area contributed by atoms with Crippen LogP contribution in [0.1, 0.15) is 19.3 Å². The molecule has 2 atom stereocenters. The van der Waals surface area contributed by atoms with Gasteiger partial charge in [0.2, 0.25) is 0 Å². The van der Waals surface area contributed by atoms with Gasteiger partial charge < -0.3 is 24.8 Å². The first-order valence-electron chi connectivity index (χ1n) is 6.61. The summed E-state index contributed by atoms with van der Waals surface area (Å²) in [4.78, 5) is 24.5. The van der Waals surface area contributed by atoms with Gasteiger partial charge in [-0.25, -0.2) is 4.79 Å². The molecule has 0 bridgehead atoms. The molecule has 0 aromatic carbocycles. The van der Waals surface area contributed by atoms with Gasteiger partial charge >= 0.3 is 12.0 Å². The third kappa shape index (κ3) is 4.07. The van der Waals surface area contributed by atoms with Crippen LogP contribution in [0.2, 0.25) is 0 Å². The molecule has 2 heterocycles. The highest BCUT2D eigenvalue weighted by Gasteiger charge is 2.30. The fraction of sp³-hybridized carbons (Fsp3) is 0.833. The van der Waals surface area contributed by atoms with Crippen LogP contribution >= 0.6 is 0 Å². The summed E-state index contributed by atoms with van der Waals surface area (Å²) in [6.07, 6.45) is 1.75. The van der Waals surface area contributed by atoms with E-state index >= 15 is 0 Å². The highest BCUT2D eigenvalue weighted by atomic mass is 16.5. The maximum absolute atomic E-state index is 12.2. The minimum absolute atomic E-state index is 0.0228. The Bertz CT molecular complexity index is 330. The van der Waals surface area contributed by atoms with Gasteiger partial charge in [0.1, 0.15) is 0 Å². The number of carboxylic acid groups (broad SMARTS) is 1. The highest BCUT2D eigenvalue weighted by molar-refractivity contribution is 5.76. The lowest BCUT2D eigenvalue weighted by Crippen LogP contribution is -2.55. The second-order valence-corrected chi connectivity index (χ2v) is 4.88. The Balaban J connectivity index is 1.88. The third-order valence-corrected chi connectivity index (χ3v) is 3.39. The van der Waals surface area contributed by atoms with Crippen LogP contribution in [-0.2, 0) is 14.3 Å². The first-order valence-corrected chi connectivity index (χ1v) is 6.61. The number of amides is 2. The Labute approximate surface area is 111 Å². The van der Waals surface area contributed by atoms with Crippen LogP contribution in [0.15, 0.2) is 0 Å². The van der Waals surface area contributed by atoms with Gasteiger partial charge in [-0.2, -0.15) is 0 Å². The fourth-order valence-electron chi connectivity index (χ4n) is 2.40. The molecule has 2 unspecified atom stereocenters. The van der Waals surface area contributed by atoms with Crippen molar-refractivity contribution in [1.29, 1.82) is 0 Å². The molecule has 2 fully saturated rings. The Morgan fingerprint density at radius 1 is 1.26 bits per heavy atom. The normalized spacial score (nSPS) is 27.9. The molecular formula is C12H20N2O5. The summed E-state index contributed by atoms with van der Waals surface area (Å²) < 4.78 is 10.6. The zero-order chi connectivity index (χ0) is 13.7. The minimum atomic E-state index is -0.922. The molecule has 0 aromatic rings. The average Bonchev–Trinajstić information content (AvgIpc) is 2.39. The lowest BCUT2D eigenvalue weighted by atomic mass is 10.1. The quantitative estimate of drug-likeness (QED) is 0.758. The fourth-order valence-corrected chi connectivity index (χ4v) is 2.40. The van der Waals surface area contributed by atoms with E-state index in [2.05, 4.69) is 5.32 Å². The van der Waals surface area contributed by atoms with Crippen LogP contribution in [0, 0.1) is 0 Å². The van der Waals surface area contributed by atoms with E-state index in [1.165, 1.54) is 0 Å². The van der Waals surface area contributed by atoms with Crippen molar-refractivity contribution < 1.29 is 24.2 Å². The second kappa shape index (κ2) is 6.72. The lowest BCUT2D eigenvalue weighted by molar-refractivity contribution is -0.139. The number of rotatable bonds is 3. The van der Waals surface area contributed by atoms with Gasteiger partial charge in [-0.15, -0.1) is 0 Å². The number of nitrogens with one attached hydrogen (secondary N) is 1. The van der Waals surface area contributed by atoms with E-state index in [4.69, 9.17) is 14.6 Å². The number of hydrogen-bond acceptors (Lipinski definition) is 4. The van der Waals surface area contributed by atoms with Crippen LogP contribution in [0.25, 0.3) is 0 Å². The summed E-state index contributed by atoms with van der Waals surface area (Å²) in [7, 11) is 0. The highest BCUT2D eigenvalue weighted by Crippen LogP contribution is 2.12. The molecule has 0 aromatic heterocycles. The lowest BCUT2D eigenvalue weighted by Gasteiger charge is -2.36. The molecule has 2 rings (SSSR count). The van der Waals surface area contributed by atoms with E-state index < -0.39 is 12.0 Å². The topological polar surface area (TPSA) is 88.1 Å². The Hall–Kier alpha value is -1.34. The summed E-state index contributed by atoms with van der Waals surface area (Å²) in [5.41, 5.74) is 0. The minimum Gasteiger partial charge on any atom is -0.481 e. The van der Waals surface area contributed by atoms with Crippen LogP contribution in [0.3, 0.4) is 0 Å². The molecule has 0 saturated carbocycles.